The van der Waals surface area contributed by atoms with Crippen LogP contribution in [0.1, 0.15) is 17.3 Å². The lowest BCUT2D eigenvalue weighted by molar-refractivity contribution is -0.143. The second-order valence-electron chi connectivity index (χ2n) is 3.90. The van der Waals surface area contributed by atoms with Crippen LogP contribution >= 0.6 is 15.9 Å². The number of amides is 1. The third kappa shape index (κ3) is 4.45. The molecule has 0 saturated heterocycles. The lowest BCUT2D eigenvalue weighted by Gasteiger charge is -2.20. The van der Waals surface area contributed by atoms with Crippen molar-refractivity contribution >= 4 is 27.8 Å². The number of hydrogen-bond donors (Lipinski definition) is 0. The van der Waals surface area contributed by atoms with Crippen molar-refractivity contribution in [2.75, 3.05) is 19.7 Å². The normalized spacial score (nSPS) is 9.95. The summed E-state index contributed by atoms with van der Waals surface area (Å²) in [4.78, 5) is 25.1. The molecule has 0 atom stereocenters. The first kappa shape index (κ1) is 16.4. The summed E-state index contributed by atoms with van der Waals surface area (Å²) in [5.74, 6) is -1.35. The molecular weight excluding hydrogens is 329 g/mol. The number of carbonyl (C=O) groups is 2. The van der Waals surface area contributed by atoms with Crippen LogP contribution in [0.15, 0.2) is 35.3 Å². The van der Waals surface area contributed by atoms with E-state index < -0.39 is 17.7 Å². The summed E-state index contributed by atoms with van der Waals surface area (Å²) in [6.45, 7) is 5.50. The Kier molecular flexibility index (Phi) is 6.38. The fourth-order valence-corrected chi connectivity index (χ4v) is 2.09. The van der Waals surface area contributed by atoms with Crippen LogP contribution < -0.4 is 0 Å². The molecule has 0 aliphatic heterocycles. The molecule has 0 N–H and O–H groups in total. The van der Waals surface area contributed by atoms with Gasteiger partial charge in [0.1, 0.15) is 12.4 Å². The molecule has 20 heavy (non-hydrogen) atoms. The van der Waals surface area contributed by atoms with Crippen LogP contribution in [0.2, 0.25) is 0 Å². The summed E-state index contributed by atoms with van der Waals surface area (Å²) in [6.07, 6.45) is 1.51. The van der Waals surface area contributed by atoms with Gasteiger partial charge in [0.15, 0.2) is 0 Å². The van der Waals surface area contributed by atoms with Gasteiger partial charge in [-0.2, -0.15) is 0 Å². The van der Waals surface area contributed by atoms with Crippen LogP contribution in [0, 0.1) is 5.82 Å². The van der Waals surface area contributed by atoms with Gasteiger partial charge in [0.05, 0.1) is 12.2 Å². The Morgan fingerprint density at radius 2 is 2.20 bits per heavy atom. The van der Waals surface area contributed by atoms with Crippen molar-refractivity contribution in [1.29, 1.82) is 0 Å². The zero-order valence-electron chi connectivity index (χ0n) is 11.1. The molecule has 0 unspecified atom stereocenters. The summed E-state index contributed by atoms with van der Waals surface area (Å²) in [5, 5.41) is 0. The highest BCUT2D eigenvalue weighted by molar-refractivity contribution is 9.10. The zero-order chi connectivity index (χ0) is 15.1. The van der Waals surface area contributed by atoms with E-state index in [0.717, 1.165) is 0 Å². The second kappa shape index (κ2) is 7.79. The van der Waals surface area contributed by atoms with Crippen LogP contribution in [-0.2, 0) is 9.53 Å². The van der Waals surface area contributed by atoms with Gasteiger partial charge in [-0.1, -0.05) is 6.08 Å². The Morgan fingerprint density at radius 1 is 1.50 bits per heavy atom. The summed E-state index contributed by atoms with van der Waals surface area (Å²) in [7, 11) is 0. The van der Waals surface area contributed by atoms with Gasteiger partial charge in [0, 0.05) is 11.0 Å². The van der Waals surface area contributed by atoms with Crippen molar-refractivity contribution in [2.24, 2.45) is 0 Å². The van der Waals surface area contributed by atoms with Crippen molar-refractivity contribution in [3.8, 4) is 0 Å². The molecule has 1 aromatic carbocycles. The first-order valence-corrected chi connectivity index (χ1v) is 6.79. The molecule has 0 aromatic heterocycles. The van der Waals surface area contributed by atoms with Gasteiger partial charge in [-0.05, 0) is 41.1 Å². The maximum Gasteiger partial charge on any atom is 0.325 e. The molecular formula is C14H15BrFNO3. The van der Waals surface area contributed by atoms with Gasteiger partial charge in [-0.15, -0.1) is 6.58 Å². The van der Waals surface area contributed by atoms with Gasteiger partial charge in [-0.25, -0.2) is 4.39 Å². The first-order valence-electron chi connectivity index (χ1n) is 6.00. The largest absolute Gasteiger partial charge is 0.465 e. The van der Waals surface area contributed by atoms with Crippen LogP contribution in [0.5, 0.6) is 0 Å². The fraction of sp³-hybridized carbons (Fsp3) is 0.286. The molecule has 1 aromatic rings. The molecule has 6 heteroatoms. The van der Waals surface area contributed by atoms with Crippen molar-refractivity contribution in [3.63, 3.8) is 0 Å². The maximum atomic E-state index is 13.0. The number of esters is 1. The molecule has 0 saturated carbocycles. The average molecular weight is 344 g/mol. The second-order valence-corrected chi connectivity index (χ2v) is 4.76. The summed E-state index contributed by atoms with van der Waals surface area (Å²) >= 11 is 3.13. The molecule has 0 spiro atoms. The predicted molar refractivity (Wildman–Crippen MR) is 76.8 cm³/mol. The van der Waals surface area contributed by atoms with Gasteiger partial charge in [0.2, 0.25) is 0 Å². The summed E-state index contributed by atoms with van der Waals surface area (Å²) < 4.78 is 18.2. The Morgan fingerprint density at radius 3 is 2.75 bits per heavy atom. The van der Waals surface area contributed by atoms with Crippen molar-refractivity contribution in [3.05, 3.63) is 46.7 Å². The number of ether oxygens (including phenoxy) is 1. The molecule has 0 aliphatic rings. The van der Waals surface area contributed by atoms with E-state index in [0.29, 0.717) is 4.47 Å². The molecule has 1 rings (SSSR count). The molecule has 1 amide bonds. The highest BCUT2D eigenvalue weighted by Gasteiger charge is 2.20. The number of carbonyl (C=O) groups excluding carboxylic acids is 2. The van der Waals surface area contributed by atoms with E-state index in [4.69, 9.17) is 4.74 Å². The third-order valence-electron chi connectivity index (χ3n) is 2.42. The van der Waals surface area contributed by atoms with E-state index in [-0.39, 0.29) is 25.3 Å². The molecule has 0 aliphatic carbocycles. The molecule has 108 valence electrons. The van der Waals surface area contributed by atoms with Crippen molar-refractivity contribution in [2.45, 2.75) is 6.92 Å². The minimum atomic E-state index is -0.499. The Bertz CT molecular complexity index is 519. The van der Waals surface area contributed by atoms with E-state index >= 15 is 0 Å². The van der Waals surface area contributed by atoms with Gasteiger partial charge < -0.3 is 9.64 Å². The highest BCUT2D eigenvalue weighted by Crippen LogP contribution is 2.19. The topological polar surface area (TPSA) is 46.6 Å². The lowest BCUT2D eigenvalue weighted by Crippen LogP contribution is -2.36. The zero-order valence-corrected chi connectivity index (χ0v) is 12.7. The third-order valence-corrected chi connectivity index (χ3v) is 3.08. The van der Waals surface area contributed by atoms with Crippen LogP contribution in [0.25, 0.3) is 0 Å². The van der Waals surface area contributed by atoms with E-state index in [9.17, 15) is 14.0 Å². The number of hydrogen-bond acceptors (Lipinski definition) is 3. The van der Waals surface area contributed by atoms with Gasteiger partial charge in [-0.3, -0.25) is 9.59 Å². The first-order chi connectivity index (χ1) is 9.49. The minimum absolute atomic E-state index is 0.178. The van der Waals surface area contributed by atoms with Crippen LogP contribution in [0.4, 0.5) is 4.39 Å². The van der Waals surface area contributed by atoms with Gasteiger partial charge in [0.25, 0.3) is 5.91 Å². The Hall–Kier alpha value is -1.69. The molecule has 0 radical (unpaired) electrons. The number of rotatable bonds is 6. The minimum Gasteiger partial charge on any atom is -0.465 e. The van der Waals surface area contributed by atoms with Gasteiger partial charge >= 0.3 is 5.97 Å². The molecule has 4 nitrogen and oxygen atoms in total. The summed E-state index contributed by atoms with van der Waals surface area (Å²) in [6, 6.07) is 3.75. The quantitative estimate of drug-likeness (QED) is 0.589. The van der Waals surface area contributed by atoms with E-state index in [1.165, 1.54) is 29.2 Å². The SMILES string of the molecule is C=CCN(CC(=O)OCC)C(=O)c1ccc(F)cc1Br. The molecule has 0 fully saturated rings. The van der Waals surface area contributed by atoms with E-state index in [2.05, 4.69) is 22.5 Å². The number of nitrogens with zero attached hydrogens (tertiary/aromatic N) is 1. The molecule has 0 bridgehead atoms. The summed E-state index contributed by atoms with van der Waals surface area (Å²) in [5.41, 5.74) is 0.276. The Labute approximate surface area is 125 Å². The number of benzene rings is 1. The average Bonchev–Trinajstić information content (AvgIpc) is 2.38. The van der Waals surface area contributed by atoms with Crippen LogP contribution in [0.3, 0.4) is 0 Å². The number of halogens is 2. The predicted octanol–water partition coefficient (Wildman–Crippen LogP) is 2.78. The van der Waals surface area contributed by atoms with Crippen LogP contribution in [-0.4, -0.2) is 36.5 Å². The maximum absolute atomic E-state index is 13.0. The fourth-order valence-electron chi connectivity index (χ4n) is 1.57. The Balaban J connectivity index is 2.93. The van der Waals surface area contributed by atoms with E-state index in [1.807, 2.05) is 0 Å². The van der Waals surface area contributed by atoms with Crippen molar-refractivity contribution < 1.29 is 18.7 Å². The van der Waals surface area contributed by atoms with Crippen molar-refractivity contribution in [1.82, 2.24) is 4.90 Å². The standard InChI is InChI=1S/C14H15BrFNO3/c1-3-7-17(9-13(18)20-4-2)14(19)11-6-5-10(16)8-12(11)15/h3,5-6,8H,1,4,7,9H2,2H3. The molecule has 0 heterocycles. The monoisotopic (exact) mass is 343 g/mol. The highest BCUT2D eigenvalue weighted by atomic mass is 79.9. The smallest absolute Gasteiger partial charge is 0.325 e. The van der Waals surface area contributed by atoms with E-state index in [1.54, 1.807) is 6.92 Å². The lowest BCUT2D eigenvalue weighted by atomic mass is 10.2.